The fourth-order valence-electron chi connectivity index (χ4n) is 1.35. The average Bonchev–Trinajstić information content (AvgIpc) is 2.89. The minimum absolute atomic E-state index is 0.131. The fourth-order valence-corrected chi connectivity index (χ4v) is 2.05. The van der Waals surface area contributed by atoms with Gasteiger partial charge < -0.3 is 15.8 Å². The summed E-state index contributed by atoms with van der Waals surface area (Å²) in [4.78, 5) is 16.1. The van der Waals surface area contributed by atoms with E-state index in [1.807, 2.05) is 5.38 Å². The summed E-state index contributed by atoms with van der Waals surface area (Å²) >= 11 is 1.62. The Morgan fingerprint density at radius 2 is 2.28 bits per heavy atom. The molecule has 0 aliphatic rings. The van der Waals surface area contributed by atoms with Crippen LogP contribution in [0.5, 0.6) is 6.01 Å². The topological polar surface area (TPSA) is 98.8 Å². The average molecular weight is 266 g/mol. The van der Waals surface area contributed by atoms with Gasteiger partial charge in [0.25, 0.3) is 0 Å². The number of hydrogen-bond donors (Lipinski definition) is 2. The highest BCUT2D eigenvalue weighted by molar-refractivity contribution is 7.09. The summed E-state index contributed by atoms with van der Waals surface area (Å²) in [5, 5.41) is 6.11. The van der Waals surface area contributed by atoms with Crippen LogP contribution in [0.4, 0.5) is 11.9 Å². The summed E-state index contributed by atoms with van der Waals surface area (Å²) in [5.41, 5.74) is 5.54. The van der Waals surface area contributed by atoms with Crippen LogP contribution >= 0.6 is 11.3 Å². The molecule has 1 unspecified atom stereocenters. The van der Waals surface area contributed by atoms with E-state index < -0.39 is 0 Å². The monoisotopic (exact) mass is 266 g/mol. The highest BCUT2D eigenvalue weighted by Crippen LogP contribution is 2.18. The molecule has 0 aliphatic carbocycles. The van der Waals surface area contributed by atoms with Crippen LogP contribution in [0, 0.1) is 0 Å². The molecule has 0 aliphatic heterocycles. The number of nitrogen functional groups attached to an aromatic ring is 1. The van der Waals surface area contributed by atoms with Gasteiger partial charge in [-0.2, -0.15) is 15.0 Å². The summed E-state index contributed by atoms with van der Waals surface area (Å²) in [6.07, 6.45) is 1.79. The predicted molar refractivity (Wildman–Crippen MR) is 69.8 cm³/mol. The van der Waals surface area contributed by atoms with E-state index in [9.17, 15) is 0 Å². The molecule has 2 aromatic rings. The molecule has 0 amide bonds. The molecule has 0 fully saturated rings. The molecule has 0 saturated carbocycles. The third-order valence-electron chi connectivity index (χ3n) is 2.25. The quantitative estimate of drug-likeness (QED) is 0.837. The number of nitrogens with two attached hydrogens (primary N) is 1. The second kappa shape index (κ2) is 5.58. The van der Waals surface area contributed by atoms with Gasteiger partial charge >= 0.3 is 6.01 Å². The maximum atomic E-state index is 5.54. The molecule has 8 heteroatoms. The van der Waals surface area contributed by atoms with Crippen molar-refractivity contribution in [2.24, 2.45) is 0 Å². The number of nitrogens with one attached hydrogen (secondary N) is 1. The Hall–Kier alpha value is -1.96. The van der Waals surface area contributed by atoms with Gasteiger partial charge in [0.1, 0.15) is 0 Å². The van der Waals surface area contributed by atoms with E-state index in [-0.39, 0.29) is 17.9 Å². The zero-order chi connectivity index (χ0) is 13.0. The molecule has 3 N–H and O–H groups in total. The van der Waals surface area contributed by atoms with Gasteiger partial charge in [0.05, 0.1) is 12.1 Å². The van der Waals surface area contributed by atoms with Crippen LogP contribution in [0.3, 0.4) is 0 Å². The second-order valence-electron chi connectivity index (χ2n) is 3.66. The molecule has 1 atom stereocenters. The van der Waals surface area contributed by atoms with Crippen molar-refractivity contribution >= 4 is 23.2 Å². The van der Waals surface area contributed by atoms with Crippen LogP contribution in [0.15, 0.2) is 11.6 Å². The molecule has 0 spiro atoms. The van der Waals surface area contributed by atoms with Crippen LogP contribution in [0.25, 0.3) is 0 Å². The standard InChI is InChI=1S/C10H14N6OS/c1-6(7-12-3-4-18-7)5-13-9-14-8(11)15-10(16-9)17-2/h3-4,6H,5H2,1-2H3,(H3,11,13,14,15,16). The number of rotatable bonds is 5. The number of hydrogen-bond acceptors (Lipinski definition) is 8. The molecule has 2 heterocycles. The Morgan fingerprint density at radius 1 is 1.44 bits per heavy atom. The maximum Gasteiger partial charge on any atom is 0.322 e. The van der Waals surface area contributed by atoms with Gasteiger partial charge in [0.15, 0.2) is 0 Å². The Kier molecular flexibility index (Phi) is 3.88. The van der Waals surface area contributed by atoms with E-state index in [0.29, 0.717) is 12.5 Å². The third kappa shape index (κ3) is 3.04. The predicted octanol–water partition coefficient (Wildman–Crippen LogP) is 1.13. The van der Waals surface area contributed by atoms with Gasteiger partial charge in [-0.3, -0.25) is 0 Å². The van der Waals surface area contributed by atoms with Crippen LogP contribution in [0.2, 0.25) is 0 Å². The summed E-state index contributed by atoms with van der Waals surface area (Å²) in [5.74, 6) is 0.808. The first-order valence-corrected chi connectivity index (χ1v) is 6.26. The van der Waals surface area contributed by atoms with Gasteiger partial charge in [-0.15, -0.1) is 11.3 Å². The van der Waals surface area contributed by atoms with Crippen molar-refractivity contribution in [1.29, 1.82) is 0 Å². The number of nitrogens with zero attached hydrogens (tertiary/aromatic N) is 4. The van der Waals surface area contributed by atoms with Gasteiger partial charge in [-0.25, -0.2) is 4.98 Å². The van der Waals surface area contributed by atoms with Crippen molar-refractivity contribution in [3.05, 3.63) is 16.6 Å². The number of methoxy groups -OCH3 is 1. The van der Waals surface area contributed by atoms with Crippen molar-refractivity contribution < 1.29 is 4.74 Å². The van der Waals surface area contributed by atoms with E-state index >= 15 is 0 Å². The summed E-state index contributed by atoms with van der Waals surface area (Å²) in [6, 6.07) is 0.201. The molecule has 2 aromatic heterocycles. The van der Waals surface area contributed by atoms with Gasteiger partial charge in [0.2, 0.25) is 11.9 Å². The van der Waals surface area contributed by atoms with Crippen LogP contribution in [-0.2, 0) is 0 Å². The number of ether oxygens (including phenoxy) is 1. The Bertz CT molecular complexity index is 503. The zero-order valence-corrected chi connectivity index (χ0v) is 10.9. The van der Waals surface area contributed by atoms with Gasteiger partial charge in [-0.1, -0.05) is 6.92 Å². The lowest BCUT2D eigenvalue weighted by Gasteiger charge is -2.10. The lowest BCUT2D eigenvalue weighted by atomic mass is 10.2. The van der Waals surface area contributed by atoms with E-state index in [4.69, 9.17) is 10.5 Å². The van der Waals surface area contributed by atoms with Gasteiger partial charge in [0, 0.05) is 24.0 Å². The van der Waals surface area contributed by atoms with Crippen LogP contribution in [-0.4, -0.2) is 33.6 Å². The van der Waals surface area contributed by atoms with E-state index in [1.165, 1.54) is 7.11 Å². The first kappa shape index (κ1) is 12.5. The minimum atomic E-state index is 0.131. The number of aromatic nitrogens is 4. The molecule has 0 saturated heterocycles. The first-order valence-electron chi connectivity index (χ1n) is 5.38. The largest absolute Gasteiger partial charge is 0.467 e. The number of anilines is 2. The lowest BCUT2D eigenvalue weighted by molar-refractivity contribution is 0.379. The van der Waals surface area contributed by atoms with E-state index in [0.717, 1.165) is 5.01 Å². The second-order valence-corrected chi connectivity index (χ2v) is 4.58. The molecule has 2 rings (SSSR count). The van der Waals surface area contributed by atoms with Crippen LogP contribution < -0.4 is 15.8 Å². The molecule has 18 heavy (non-hydrogen) atoms. The lowest BCUT2D eigenvalue weighted by Crippen LogP contribution is -2.13. The molecule has 0 bridgehead atoms. The Balaban J connectivity index is 1.99. The number of thiazole rings is 1. The molecule has 7 nitrogen and oxygen atoms in total. The zero-order valence-electron chi connectivity index (χ0n) is 10.1. The summed E-state index contributed by atoms with van der Waals surface area (Å²) in [7, 11) is 1.48. The SMILES string of the molecule is COc1nc(N)nc(NCC(C)c2nccs2)n1. The smallest absolute Gasteiger partial charge is 0.322 e. The van der Waals surface area contributed by atoms with E-state index in [1.54, 1.807) is 17.5 Å². The van der Waals surface area contributed by atoms with Crippen molar-refractivity contribution in [3.63, 3.8) is 0 Å². The fraction of sp³-hybridized carbons (Fsp3) is 0.400. The molecule has 0 radical (unpaired) electrons. The Morgan fingerprint density at radius 3 is 2.94 bits per heavy atom. The van der Waals surface area contributed by atoms with Gasteiger partial charge in [-0.05, 0) is 0 Å². The third-order valence-corrected chi connectivity index (χ3v) is 3.26. The molecule has 96 valence electrons. The Labute approximate surface area is 108 Å². The normalized spacial score (nSPS) is 12.1. The highest BCUT2D eigenvalue weighted by Gasteiger charge is 2.10. The minimum Gasteiger partial charge on any atom is -0.467 e. The van der Waals surface area contributed by atoms with Crippen molar-refractivity contribution in [1.82, 2.24) is 19.9 Å². The van der Waals surface area contributed by atoms with Crippen molar-refractivity contribution in [3.8, 4) is 6.01 Å². The first-order chi connectivity index (χ1) is 8.69. The molecular weight excluding hydrogens is 252 g/mol. The molecule has 0 aromatic carbocycles. The van der Waals surface area contributed by atoms with Crippen LogP contribution in [0.1, 0.15) is 17.8 Å². The highest BCUT2D eigenvalue weighted by atomic mass is 32.1. The van der Waals surface area contributed by atoms with E-state index in [2.05, 4.69) is 32.2 Å². The summed E-state index contributed by atoms with van der Waals surface area (Å²) in [6.45, 7) is 2.74. The summed E-state index contributed by atoms with van der Waals surface area (Å²) < 4.78 is 4.92. The van der Waals surface area contributed by atoms with Crippen molar-refractivity contribution in [2.45, 2.75) is 12.8 Å². The maximum absolute atomic E-state index is 5.54. The molecular formula is C10H14N6OS. The van der Waals surface area contributed by atoms with Crippen molar-refractivity contribution in [2.75, 3.05) is 24.7 Å².